The molecule has 0 saturated carbocycles. The highest BCUT2D eigenvalue weighted by molar-refractivity contribution is 5.75. The van der Waals surface area contributed by atoms with Crippen molar-refractivity contribution in [3.05, 3.63) is 0 Å². The van der Waals surface area contributed by atoms with E-state index in [0.717, 1.165) is 6.42 Å². The van der Waals surface area contributed by atoms with Gasteiger partial charge in [-0.15, -0.1) is 0 Å². The highest BCUT2D eigenvalue weighted by atomic mass is 16.5. The molecule has 0 rings (SSSR count). The van der Waals surface area contributed by atoms with Crippen molar-refractivity contribution in [3.8, 4) is 0 Å². The Morgan fingerprint density at radius 3 is 2.54 bits per heavy atom. The fourth-order valence-electron chi connectivity index (χ4n) is 0.761. The third kappa shape index (κ3) is 5.60. The number of likely N-dealkylation sites (N-methyl/N-ethyl adjacent to an activating group) is 1. The molecule has 0 fully saturated rings. The first-order valence-electron chi connectivity index (χ1n) is 4.48. The van der Waals surface area contributed by atoms with Crippen molar-refractivity contribution in [1.29, 1.82) is 0 Å². The summed E-state index contributed by atoms with van der Waals surface area (Å²) in [5, 5.41) is 2.82. The maximum Gasteiger partial charge on any atom is 0.323 e. The minimum absolute atomic E-state index is 0.0803. The first-order valence-corrected chi connectivity index (χ1v) is 4.48. The third-order valence-electron chi connectivity index (χ3n) is 1.83. The summed E-state index contributed by atoms with van der Waals surface area (Å²) in [4.78, 5) is 11.2. The Morgan fingerprint density at radius 1 is 1.46 bits per heavy atom. The molecule has 2 atom stereocenters. The normalized spacial score (nSPS) is 15.1. The Labute approximate surface area is 79.6 Å². The van der Waals surface area contributed by atoms with E-state index in [1.165, 1.54) is 0 Å². The molecule has 0 radical (unpaired) electrons. The van der Waals surface area contributed by atoms with Crippen molar-refractivity contribution in [2.75, 3.05) is 20.8 Å². The first-order chi connectivity index (χ1) is 6.11. The number of carbonyl (C=O) groups is 1. The van der Waals surface area contributed by atoms with Gasteiger partial charge in [0.25, 0.3) is 0 Å². The van der Waals surface area contributed by atoms with Crippen LogP contribution in [0.3, 0.4) is 0 Å². The number of rotatable bonds is 6. The standard InChI is InChI=1S/C9H19NO3/c1-7(5-6-12-4)13-9(11)8(2)10-3/h7-8,10H,5-6H2,1-4H3/t7?,8-/m0/s1. The molecule has 1 unspecified atom stereocenters. The molecule has 0 heterocycles. The average molecular weight is 189 g/mol. The molecule has 0 bridgehead atoms. The van der Waals surface area contributed by atoms with Crippen LogP contribution >= 0.6 is 0 Å². The molecule has 0 aromatic rings. The second-order valence-corrected chi connectivity index (χ2v) is 3.04. The zero-order valence-corrected chi connectivity index (χ0v) is 8.79. The molecular weight excluding hydrogens is 170 g/mol. The third-order valence-corrected chi connectivity index (χ3v) is 1.83. The summed E-state index contributed by atoms with van der Waals surface area (Å²) in [5.41, 5.74) is 0. The van der Waals surface area contributed by atoms with E-state index in [1.54, 1.807) is 21.1 Å². The number of nitrogens with one attached hydrogen (secondary N) is 1. The number of methoxy groups -OCH3 is 1. The average Bonchev–Trinajstić information content (AvgIpc) is 2.13. The quantitative estimate of drug-likeness (QED) is 0.620. The summed E-state index contributed by atoms with van der Waals surface area (Å²) >= 11 is 0. The lowest BCUT2D eigenvalue weighted by Crippen LogP contribution is -2.34. The molecule has 78 valence electrons. The molecule has 0 aromatic heterocycles. The molecular formula is C9H19NO3. The number of hydrogen-bond acceptors (Lipinski definition) is 4. The van der Waals surface area contributed by atoms with Gasteiger partial charge in [0, 0.05) is 20.1 Å². The van der Waals surface area contributed by atoms with E-state index in [9.17, 15) is 4.79 Å². The molecule has 0 aliphatic heterocycles. The van der Waals surface area contributed by atoms with Crippen molar-refractivity contribution < 1.29 is 14.3 Å². The highest BCUT2D eigenvalue weighted by Gasteiger charge is 2.14. The van der Waals surface area contributed by atoms with E-state index >= 15 is 0 Å². The Balaban J connectivity index is 3.64. The number of ether oxygens (including phenoxy) is 2. The summed E-state index contributed by atoms with van der Waals surface area (Å²) in [5.74, 6) is -0.217. The van der Waals surface area contributed by atoms with Gasteiger partial charge in [0.05, 0.1) is 0 Å². The van der Waals surface area contributed by atoms with Crippen LogP contribution in [0, 0.1) is 0 Å². The van der Waals surface area contributed by atoms with Crippen molar-refractivity contribution >= 4 is 5.97 Å². The van der Waals surface area contributed by atoms with Crippen LogP contribution < -0.4 is 5.32 Å². The molecule has 13 heavy (non-hydrogen) atoms. The summed E-state index contributed by atoms with van der Waals surface area (Å²) in [7, 11) is 3.36. The van der Waals surface area contributed by atoms with Crippen LogP contribution in [0.2, 0.25) is 0 Å². The SMILES string of the molecule is CN[C@@H](C)C(=O)OC(C)CCOC. The van der Waals surface area contributed by atoms with E-state index in [-0.39, 0.29) is 18.1 Å². The van der Waals surface area contributed by atoms with Gasteiger partial charge in [0.2, 0.25) is 0 Å². The summed E-state index contributed by atoms with van der Waals surface area (Å²) in [6, 6.07) is -0.245. The summed E-state index contributed by atoms with van der Waals surface area (Å²) in [6.45, 7) is 4.24. The van der Waals surface area contributed by atoms with Crippen LogP contribution in [0.25, 0.3) is 0 Å². The fraction of sp³-hybridized carbons (Fsp3) is 0.889. The molecule has 4 nitrogen and oxygen atoms in total. The highest BCUT2D eigenvalue weighted by Crippen LogP contribution is 1.99. The Kier molecular flexibility index (Phi) is 6.54. The van der Waals surface area contributed by atoms with Crippen molar-refractivity contribution in [2.45, 2.75) is 32.4 Å². The molecule has 0 amide bonds. The smallest absolute Gasteiger partial charge is 0.323 e. The van der Waals surface area contributed by atoms with E-state index in [2.05, 4.69) is 5.32 Å². The second-order valence-electron chi connectivity index (χ2n) is 3.04. The van der Waals surface area contributed by atoms with E-state index in [1.807, 2.05) is 6.92 Å². The minimum atomic E-state index is -0.245. The van der Waals surface area contributed by atoms with Gasteiger partial charge in [-0.3, -0.25) is 4.79 Å². The van der Waals surface area contributed by atoms with Gasteiger partial charge in [-0.05, 0) is 20.9 Å². The lowest BCUT2D eigenvalue weighted by molar-refractivity contribution is -0.150. The summed E-state index contributed by atoms with van der Waals surface area (Å²) < 4.78 is 10.00. The van der Waals surface area contributed by atoms with Crippen LogP contribution in [-0.2, 0) is 14.3 Å². The molecule has 0 aromatic carbocycles. The Morgan fingerprint density at radius 2 is 2.08 bits per heavy atom. The number of carbonyl (C=O) groups excluding carboxylic acids is 1. The maximum atomic E-state index is 11.2. The van der Waals surface area contributed by atoms with Gasteiger partial charge in [0.1, 0.15) is 12.1 Å². The van der Waals surface area contributed by atoms with Crippen LogP contribution in [-0.4, -0.2) is 38.9 Å². The van der Waals surface area contributed by atoms with Gasteiger partial charge in [0.15, 0.2) is 0 Å². The second kappa shape index (κ2) is 6.86. The Bertz CT molecular complexity index is 150. The maximum absolute atomic E-state index is 11.2. The largest absolute Gasteiger partial charge is 0.461 e. The van der Waals surface area contributed by atoms with Gasteiger partial charge in [-0.2, -0.15) is 0 Å². The molecule has 0 saturated heterocycles. The van der Waals surface area contributed by atoms with Crippen LogP contribution in [0.1, 0.15) is 20.3 Å². The number of hydrogen-bond donors (Lipinski definition) is 1. The van der Waals surface area contributed by atoms with Crippen molar-refractivity contribution in [1.82, 2.24) is 5.32 Å². The van der Waals surface area contributed by atoms with Crippen molar-refractivity contribution in [2.24, 2.45) is 0 Å². The van der Waals surface area contributed by atoms with E-state index in [4.69, 9.17) is 9.47 Å². The van der Waals surface area contributed by atoms with Crippen molar-refractivity contribution in [3.63, 3.8) is 0 Å². The van der Waals surface area contributed by atoms with Gasteiger partial charge >= 0.3 is 5.97 Å². The molecule has 0 aliphatic rings. The summed E-state index contributed by atoms with van der Waals surface area (Å²) in [6.07, 6.45) is 0.654. The molecule has 4 heteroatoms. The topological polar surface area (TPSA) is 47.6 Å². The van der Waals surface area contributed by atoms with Gasteiger partial charge in [-0.25, -0.2) is 0 Å². The minimum Gasteiger partial charge on any atom is -0.461 e. The van der Waals surface area contributed by atoms with Crippen LogP contribution in [0.4, 0.5) is 0 Å². The van der Waals surface area contributed by atoms with E-state index in [0.29, 0.717) is 6.61 Å². The first kappa shape index (κ1) is 12.4. The molecule has 0 aliphatic carbocycles. The van der Waals surface area contributed by atoms with Crippen LogP contribution in [0.15, 0.2) is 0 Å². The molecule has 1 N–H and O–H groups in total. The Hall–Kier alpha value is -0.610. The van der Waals surface area contributed by atoms with E-state index < -0.39 is 0 Å². The zero-order chi connectivity index (χ0) is 10.3. The number of esters is 1. The van der Waals surface area contributed by atoms with Gasteiger partial charge in [-0.1, -0.05) is 0 Å². The van der Waals surface area contributed by atoms with Crippen LogP contribution in [0.5, 0.6) is 0 Å². The van der Waals surface area contributed by atoms with Gasteiger partial charge < -0.3 is 14.8 Å². The zero-order valence-electron chi connectivity index (χ0n) is 8.79. The predicted molar refractivity (Wildman–Crippen MR) is 50.6 cm³/mol. The fourth-order valence-corrected chi connectivity index (χ4v) is 0.761. The monoisotopic (exact) mass is 189 g/mol. The lowest BCUT2D eigenvalue weighted by Gasteiger charge is -2.15. The molecule has 0 spiro atoms. The lowest BCUT2D eigenvalue weighted by atomic mass is 10.3. The predicted octanol–water partition coefficient (Wildman–Crippen LogP) is 0.562.